The van der Waals surface area contributed by atoms with Gasteiger partial charge < -0.3 is 15.4 Å². The number of anilines is 1. The number of aromatic nitrogens is 1. The van der Waals surface area contributed by atoms with Crippen molar-refractivity contribution in [3.05, 3.63) is 18.3 Å². The van der Waals surface area contributed by atoms with Gasteiger partial charge in [0.05, 0.1) is 7.11 Å². The van der Waals surface area contributed by atoms with Gasteiger partial charge in [-0.1, -0.05) is 0 Å². The summed E-state index contributed by atoms with van der Waals surface area (Å²) < 4.78 is 4.90. The van der Waals surface area contributed by atoms with E-state index >= 15 is 0 Å². The zero-order valence-corrected chi connectivity index (χ0v) is 8.40. The number of hydrogen-bond acceptors (Lipinski definition) is 4. The first kappa shape index (κ1) is 11.0. The molecule has 0 aliphatic heterocycles. The van der Waals surface area contributed by atoms with Crippen molar-refractivity contribution in [2.45, 2.75) is 0 Å². The highest BCUT2D eigenvalue weighted by Gasteiger charge is 2.13. The predicted molar refractivity (Wildman–Crippen MR) is 53.5 cm³/mol. The van der Waals surface area contributed by atoms with Crippen LogP contribution in [-0.4, -0.2) is 31.0 Å². The molecule has 15 heavy (non-hydrogen) atoms. The Hall–Kier alpha value is -2.11. The van der Waals surface area contributed by atoms with E-state index < -0.39 is 11.8 Å². The van der Waals surface area contributed by atoms with Crippen LogP contribution in [0, 0.1) is 0 Å². The lowest BCUT2D eigenvalue weighted by molar-refractivity contribution is -0.135. The third kappa shape index (κ3) is 2.67. The van der Waals surface area contributed by atoms with Crippen LogP contribution in [0.3, 0.4) is 0 Å². The van der Waals surface area contributed by atoms with Crippen molar-refractivity contribution in [3.63, 3.8) is 0 Å². The molecule has 1 rings (SSSR count). The highest BCUT2D eigenvalue weighted by Crippen LogP contribution is 2.19. The third-order valence-electron chi connectivity index (χ3n) is 1.65. The average Bonchev–Trinajstić information content (AvgIpc) is 2.28. The van der Waals surface area contributed by atoms with Gasteiger partial charge >= 0.3 is 11.8 Å². The minimum absolute atomic E-state index is 0.259. The van der Waals surface area contributed by atoms with Gasteiger partial charge in [-0.05, 0) is 12.1 Å². The molecule has 0 aliphatic rings. The van der Waals surface area contributed by atoms with E-state index in [0.717, 1.165) is 0 Å². The van der Waals surface area contributed by atoms with E-state index in [1.54, 1.807) is 12.1 Å². The van der Waals surface area contributed by atoms with E-state index in [9.17, 15) is 9.59 Å². The van der Waals surface area contributed by atoms with Crippen LogP contribution in [0.1, 0.15) is 0 Å². The molecule has 0 saturated carbocycles. The van der Waals surface area contributed by atoms with Crippen LogP contribution >= 0.6 is 0 Å². The van der Waals surface area contributed by atoms with Gasteiger partial charge in [0, 0.05) is 13.2 Å². The Bertz CT molecular complexity index is 379. The molecule has 0 bridgehead atoms. The summed E-state index contributed by atoms with van der Waals surface area (Å²) in [6.07, 6.45) is 1.52. The molecule has 2 N–H and O–H groups in total. The van der Waals surface area contributed by atoms with Crippen molar-refractivity contribution in [2.24, 2.45) is 0 Å². The minimum Gasteiger partial charge on any atom is -0.480 e. The summed E-state index contributed by atoms with van der Waals surface area (Å²) in [4.78, 5) is 26.0. The average molecular weight is 209 g/mol. The quantitative estimate of drug-likeness (QED) is 0.659. The van der Waals surface area contributed by atoms with Crippen LogP contribution in [0.15, 0.2) is 18.3 Å². The maximum absolute atomic E-state index is 11.2. The maximum Gasteiger partial charge on any atom is 0.313 e. The second-order valence-corrected chi connectivity index (χ2v) is 2.59. The molecule has 0 aliphatic carbocycles. The van der Waals surface area contributed by atoms with Crippen LogP contribution in [0.4, 0.5) is 5.69 Å². The van der Waals surface area contributed by atoms with Crippen LogP contribution in [-0.2, 0) is 9.59 Å². The van der Waals surface area contributed by atoms with Crippen molar-refractivity contribution in [2.75, 3.05) is 19.5 Å². The van der Waals surface area contributed by atoms with E-state index in [4.69, 9.17) is 4.74 Å². The molecular weight excluding hydrogens is 198 g/mol. The number of rotatable bonds is 2. The topological polar surface area (TPSA) is 80.3 Å². The third-order valence-corrected chi connectivity index (χ3v) is 1.65. The zero-order valence-electron chi connectivity index (χ0n) is 8.40. The summed E-state index contributed by atoms with van der Waals surface area (Å²) in [6.45, 7) is 0. The number of hydrogen-bond donors (Lipinski definition) is 2. The Morgan fingerprint density at radius 1 is 1.40 bits per heavy atom. The van der Waals surface area contributed by atoms with Gasteiger partial charge in [0.2, 0.25) is 5.88 Å². The lowest BCUT2D eigenvalue weighted by Crippen LogP contribution is -2.32. The first-order valence-corrected chi connectivity index (χ1v) is 4.21. The fourth-order valence-electron chi connectivity index (χ4n) is 0.941. The van der Waals surface area contributed by atoms with E-state index in [0.29, 0.717) is 5.69 Å². The van der Waals surface area contributed by atoms with E-state index in [2.05, 4.69) is 15.6 Å². The largest absolute Gasteiger partial charge is 0.480 e. The van der Waals surface area contributed by atoms with Crippen LogP contribution < -0.4 is 15.4 Å². The number of nitrogens with zero attached hydrogens (tertiary/aromatic N) is 1. The van der Waals surface area contributed by atoms with Crippen molar-refractivity contribution >= 4 is 17.5 Å². The molecule has 0 spiro atoms. The molecule has 6 nitrogen and oxygen atoms in total. The molecule has 0 atom stereocenters. The van der Waals surface area contributed by atoms with Gasteiger partial charge in [0.25, 0.3) is 0 Å². The van der Waals surface area contributed by atoms with E-state index in [-0.39, 0.29) is 5.88 Å². The number of nitrogens with one attached hydrogen (secondary N) is 2. The van der Waals surface area contributed by atoms with Crippen LogP contribution in [0.5, 0.6) is 5.88 Å². The van der Waals surface area contributed by atoms with Crippen molar-refractivity contribution in [3.8, 4) is 5.88 Å². The summed E-state index contributed by atoms with van der Waals surface area (Å²) in [5.74, 6) is -1.22. The van der Waals surface area contributed by atoms with Gasteiger partial charge in [0.1, 0.15) is 5.69 Å². The number of methoxy groups -OCH3 is 1. The normalized spacial score (nSPS) is 9.20. The second kappa shape index (κ2) is 4.94. The van der Waals surface area contributed by atoms with Crippen molar-refractivity contribution in [1.82, 2.24) is 10.3 Å². The highest BCUT2D eigenvalue weighted by molar-refractivity contribution is 6.39. The van der Waals surface area contributed by atoms with Gasteiger partial charge in [-0.15, -0.1) is 0 Å². The number of carbonyl (C=O) groups excluding carboxylic acids is 2. The molecule has 80 valence electrons. The molecule has 0 radical (unpaired) electrons. The fourth-order valence-corrected chi connectivity index (χ4v) is 0.941. The number of ether oxygens (including phenoxy) is 1. The van der Waals surface area contributed by atoms with E-state index in [1.807, 2.05) is 0 Å². The lowest BCUT2D eigenvalue weighted by atomic mass is 10.4. The summed E-state index contributed by atoms with van der Waals surface area (Å²) >= 11 is 0. The molecule has 1 heterocycles. The predicted octanol–water partition coefficient (Wildman–Crippen LogP) is -0.225. The first-order chi connectivity index (χ1) is 7.19. The molecule has 1 aromatic heterocycles. The van der Waals surface area contributed by atoms with Gasteiger partial charge in [-0.3, -0.25) is 9.59 Å². The molecule has 0 fully saturated rings. The monoisotopic (exact) mass is 209 g/mol. The van der Waals surface area contributed by atoms with Crippen LogP contribution in [0.2, 0.25) is 0 Å². The molecule has 6 heteroatoms. The zero-order chi connectivity index (χ0) is 11.3. The maximum atomic E-state index is 11.2. The number of pyridine rings is 1. The van der Waals surface area contributed by atoms with Crippen molar-refractivity contribution in [1.29, 1.82) is 0 Å². The van der Waals surface area contributed by atoms with Crippen molar-refractivity contribution < 1.29 is 14.3 Å². The lowest BCUT2D eigenvalue weighted by Gasteiger charge is -2.07. The smallest absolute Gasteiger partial charge is 0.313 e. The highest BCUT2D eigenvalue weighted by atomic mass is 16.5. The summed E-state index contributed by atoms with van der Waals surface area (Å²) in [5.41, 5.74) is 0.355. The summed E-state index contributed by atoms with van der Waals surface area (Å²) in [7, 11) is 2.81. The molecule has 1 aromatic rings. The summed E-state index contributed by atoms with van der Waals surface area (Å²) in [6, 6.07) is 3.22. The van der Waals surface area contributed by atoms with Gasteiger partial charge in [-0.2, -0.15) is 0 Å². The van der Waals surface area contributed by atoms with Crippen LogP contribution in [0.25, 0.3) is 0 Å². The minimum atomic E-state index is -0.760. The SMILES string of the molecule is CNC(=O)C(=O)Nc1cccnc1OC. The Balaban J connectivity index is 2.80. The number of carbonyl (C=O) groups is 2. The number of likely N-dealkylation sites (N-methyl/N-ethyl adjacent to an activating group) is 1. The Morgan fingerprint density at radius 2 is 2.13 bits per heavy atom. The Labute approximate surface area is 86.6 Å². The molecule has 0 unspecified atom stereocenters. The van der Waals surface area contributed by atoms with E-state index in [1.165, 1.54) is 20.4 Å². The summed E-state index contributed by atoms with van der Waals surface area (Å²) in [5, 5.41) is 4.58. The second-order valence-electron chi connectivity index (χ2n) is 2.59. The van der Waals surface area contributed by atoms with Gasteiger partial charge in [0.15, 0.2) is 0 Å². The van der Waals surface area contributed by atoms with Gasteiger partial charge in [-0.25, -0.2) is 4.98 Å². The fraction of sp³-hybridized carbons (Fsp3) is 0.222. The molecule has 0 saturated heterocycles. The standard InChI is InChI=1S/C9H11N3O3/c1-10-7(13)8(14)12-6-4-3-5-11-9(6)15-2/h3-5H,1-2H3,(H,10,13)(H,12,14). The molecular formula is C9H11N3O3. The number of amides is 2. The molecule has 0 aromatic carbocycles. The molecule has 2 amide bonds. The Kier molecular flexibility index (Phi) is 3.61. The first-order valence-electron chi connectivity index (χ1n) is 4.21. The Morgan fingerprint density at radius 3 is 2.73 bits per heavy atom.